The minimum atomic E-state index is -0.434. The number of fused-ring (bicyclic) bond motifs is 2. The van der Waals surface area contributed by atoms with Gasteiger partial charge in [-0.15, -0.1) is 0 Å². The summed E-state index contributed by atoms with van der Waals surface area (Å²) in [5.74, 6) is -0.434. The molecule has 2 N–H and O–H groups in total. The largest absolute Gasteiger partial charge is 0.380 e. The highest BCUT2D eigenvalue weighted by Crippen LogP contribution is 2.25. The lowest BCUT2D eigenvalue weighted by atomic mass is 10.0. The molecule has 1 amide bonds. The summed E-state index contributed by atoms with van der Waals surface area (Å²) in [5.41, 5.74) is 6.61. The molecule has 2 aromatic carbocycles. The van der Waals surface area contributed by atoms with Crippen LogP contribution in [0.4, 0.5) is 11.4 Å². The second kappa shape index (κ2) is 10.9. The summed E-state index contributed by atoms with van der Waals surface area (Å²) < 4.78 is 1.85. The Morgan fingerprint density at radius 3 is 2.39 bits per heavy atom. The van der Waals surface area contributed by atoms with Crippen LogP contribution in [0.15, 0.2) is 90.0 Å². The third-order valence-electron chi connectivity index (χ3n) is 7.05. The first-order valence-corrected chi connectivity index (χ1v) is 13.1. The van der Waals surface area contributed by atoms with Crippen molar-refractivity contribution in [2.45, 2.75) is 46.2 Å². The van der Waals surface area contributed by atoms with Crippen molar-refractivity contribution in [1.29, 1.82) is 0 Å². The number of rotatable bonds is 7. The zero-order chi connectivity index (χ0) is 26.6. The minimum absolute atomic E-state index is 0.0960. The van der Waals surface area contributed by atoms with Crippen molar-refractivity contribution in [3.63, 3.8) is 0 Å². The number of hydrogen-bond acceptors (Lipinski definition) is 4. The highest BCUT2D eigenvalue weighted by molar-refractivity contribution is 6.05. The zero-order valence-corrected chi connectivity index (χ0v) is 22.0. The Balaban J connectivity index is 1.40. The zero-order valence-electron chi connectivity index (χ0n) is 22.0. The topological polar surface area (TPSA) is 76.0 Å². The number of aromatic nitrogens is 2. The van der Waals surface area contributed by atoms with Crippen LogP contribution in [0.3, 0.4) is 0 Å². The highest BCUT2D eigenvalue weighted by Gasteiger charge is 2.22. The average molecular weight is 505 g/mol. The van der Waals surface area contributed by atoms with E-state index < -0.39 is 5.91 Å². The molecular weight excluding hydrogens is 472 g/mol. The van der Waals surface area contributed by atoms with Gasteiger partial charge < -0.3 is 15.2 Å². The molecule has 0 radical (unpaired) electrons. The predicted molar refractivity (Wildman–Crippen MR) is 156 cm³/mol. The fourth-order valence-corrected chi connectivity index (χ4v) is 5.14. The summed E-state index contributed by atoms with van der Waals surface area (Å²) in [7, 11) is 0. The number of allylic oxidation sites excluding steroid dienone is 4. The Morgan fingerprint density at radius 2 is 1.76 bits per heavy atom. The molecule has 2 aromatic heterocycles. The van der Waals surface area contributed by atoms with E-state index in [4.69, 9.17) is 0 Å². The Labute approximate surface area is 222 Å². The molecule has 192 valence electrons. The molecule has 1 aliphatic carbocycles. The molecular formula is C32H32N4O2. The first-order valence-electron chi connectivity index (χ1n) is 13.1. The second-order valence-corrected chi connectivity index (χ2v) is 9.55. The second-order valence-electron chi connectivity index (χ2n) is 9.55. The minimum Gasteiger partial charge on any atom is -0.380 e. The van der Waals surface area contributed by atoms with Crippen molar-refractivity contribution in [1.82, 2.24) is 9.55 Å². The number of benzene rings is 2. The number of nitrogens with zero attached hydrogens (tertiary/aromatic N) is 2. The van der Waals surface area contributed by atoms with Crippen LogP contribution < -0.4 is 16.1 Å². The number of aryl methyl sites for hydroxylation is 1. The predicted octanol–water partition coefficient (Wildman–Crippen LogP) is 6.23. The molecule has 0 saturated heterocycles. The van der Waals surface area contributed by atoms with Crippen LogP contribution in [0.2, 0.25) is 0 Å². The van der Waals surface area contributed by atoms with Crippen LogP contribution in [0.5, 0.6) is 0 Å². The lowest BCUT2D eigenvalue weighted by Crippen LogP contribution is -2.25. The Kier molecular flexibility index (Phi) is 7.22. The average Bonchev–Trinajstić information content (AvgIpc) is 3.35. The number of pyridine rings is 2. The fraction of sp³-hybridized carbons (Fsp3) is 0.219. The van der Waals surface area contributed by atoms with Crippen molar-refractivity contribution < 1.29 is 4.79 Å². The van der Waals surface area contributed by atoms with Gasteiger partial charge in [0, 0.05) is 24.5 Å². The first-order chi connectivity index (χ1) is 18.5. The maximum atomic E-state index is 13.5. The van der Waals surface area contributed by atoms with Crippen molar-refractivity contribution in [3.8, 4) is 0 Å². The van der Waals surface area contributed by atoms with E-state index in [0.29, 0.717) is 23.3 Å². The highest BCUT2D eigenvalue weighted by atomic mass is 16.2. The van der Waals surface area contributed by atoms with E-state index in [1.807, 2.05) is 73.9 Å². The molecule has 0 bridgehead atoms. The van der Waals surface area contributed by atoms with Gasteiger partial charge in [-0.2, -0.15) is 0 Å². The van der Waals surface area contributed by atoms with Crippen molar-refractivity contribution >= 4 is 33.9 Å². The quantitative estimate of drug-likeness (QED) is 0.293. The maximum absolute atomic E-state index is 13.5. The van der Waals surface area contributed by atoms with Crippen molar-refractivity contribution in [3.05, 3.63) is 118 Å². The molecule has 6 nitrogen and oxygen atoms in total. The Morgan fingerprint density at radius 1 is 1.05 bits per heavy atom. The number of amides is 1. The summed E-state index contributed by atoms with van der Waals surface area (Å²) in [6, 6.07) is 18.1. The molecule has 0 aliphatic heterocycles. The standard InChI is InChI=1S/C32H32N4O2/c1-4-9-21(5-2)22-12-14-25(15-13-22)35-32(38)29-20-36(6-3)31-28(30(29)37)18-27(19-33-31)34-26-16-23-10-7-8-11-24(23)17-26/h4-5,7-15,18-20,26,34H,6,16-17H2,1-3H3,(H,35,38)/b9-4-,21-5+. The molecule has 1 aliphatic rings. The summed E-state index contributed by atoms with van der Waals surface area (Å²) in [4.78, 5) is 31.3. The van der Waals surface area contributed by atoms with Crippen LogP contribution in [0.1, 0.15) is 47.8 Å². The molecule has 0 saturated carbocycles. The number of hydrogen-bond donors (Lipinski definition) is 2. The van der Waals surface area contributed by atoms with E-state index in [2.05, 4.69) is 39.9 Å². The number of nitrogens with one attached hydrogen (secondary N) is 2. The van der Waals surface area contributed by atoms with Crippen LogP contribution in [-0.4, -0.2) is 21.5 Å². The molecule has 0 atom stereocenters. The van der Waals surface area contributed by atoms with Gasteiger partial charge in [-0.1, -0.05) is 54.6 Å². The van der Waals surface area contributed by atoms with E-state index in [0.717, 1.165) is 29.7 Å². The van der Waals surface area contributed by atoms with Gasteiger partial charge in [-0.25, -0.2) is 4.98 Å². The third-order valence-corrected chi connectivity index (χ3v) is 7.05. The summed E-state index contributed by atoms with van der Waals surface area (Å²) >= 11 is 0. The molecule has 0 fully saturated rings. The Bertz CT molecular complexity index is 1590. The monoisotopic (exact) mass is 504 g/mol. The van der Waals surface area contributed by atoms with Crippen molar-refractivity contribution in [2.75, 3.05) is 10.6 Å². The van der Waals surface area contributed by atoms with E-state index in [9.17, 15) is 9.59 Å². The summed E-state index contributed by atoms with van der Waals surface area (Å²) in [6.07, 6.45) is 11.3. The smallest absolute Gasteiger partial charge is 0.261 e. The number of carbonyl (C=O) groups is 1. The van der Waals surface area contributed by atoms with E-state index in [1.165, 1.54) is 11.1 Å². The number of anilines is 2. The van der Waals surface area contributed by atoms with Crippen LogP contribution >= 0.6 is 0 Å². The maximum Gasteiger partial charge on any atom is 0.261 e. The van der Waals surface area contributed by atoms with Gasteiger partial charge in [0.15, 0.2) is 0 Å². The van der Waals surface area contributed by atoms with Gasteiger partial charge in [0.05, 0.1) is 17.3 Å². The van der Waals surface area contributed by atoms with Gasteiger partial charge >= 0.3 is 0 Å². The molecule has 38 heavy (non-hydrogen) atoms. The van der Waals surface area contributed by atoms with Gasteiger partial charge in [-0.3, -0.25) is 9.59 Å². The number of carbonyl (C=O) groups excluding carboxylic acids is 1. The van der Waals surface area contributed by atoms with Gasteiger partial charge in [0.2, 0.25) is 5.43 Å². The summed E-state index contributed by atoms with van der Waals surface area (Å²) in [6.45, 7) is 6.52. The van der Waals surface area contributed by atoms with Gasteiger partial charge in [0.25, 0.3) is 5.91 Å². The Hall–Kier alpha value is -4.45. The first kappa shape index (κ1) is 25.2. The van der Waals surface area contributed by atoms with E-state index in [-0.39, 0.29) is 17.0 Å². The van der Waals surface area contributed by atoms with Gasteiger partial charge in [0.1, 0.15) is 11.2 Å². The molecule has 0 unspecified atom stereocenters. The molecule has 2 heterocycles. The third kappa shape index (κ3) is 5.02. The molecule has 0 spiro atoms. The van der Waals surface area contributed by atoms with Crippen LogP contribution in [0, 0.1) is 0 Å². The van der Waals surface area contributed by atoms with Crippen molar-refractivity contribution in [2.24, 2.45) is 0 Å². The SMILES string of the molecule is C/C=C\C(=C/C)c1ccc(NC(=O)c2cn(CC)c3ncc(NC4Cc5ccccc5C4)cc3c2=O)cc1. The molecule has 5 rings (SSSR count). The summed E-state index contributed by atoms with van der Waals surface area (Å²) in [5, 5.41) is 6.86. The van der Waals surface area contributed by atoms with E-state index in [1.54, 1.807) is 12.4 Å². The molecule has 6 heteroatoms. The lowest BCUT2D eigenvalue weighted by molar-refractivity contribution is 0.102. The van der Waals surface area contributed by atoms with Gasteiger partial charge in [-0.05, 0) is 74.1 Å². The molecule has 4 aromatic rings. The van der Waals surface area contributed by atoms with E-state index >= 15 is 0 Å². The van der Waals surface area contributed by atoms with Crippen LogP contribution in [0.25, 0.3) is 16.6 Å². The van der Waals surface area contributed by atoms with Crippen LogP contribution in [-0.2, 0) is 19.4 Å². The lowest BCUT2D eigenvalue weighted by Gasteiger charge is -2.16. The normalized spacial score (nSPS) is 13.7. The fourth-order valence-electron chi connectivity index (χ4n) is 5.14.